The number of halogens is 1. The summed E-state index contributed by atoms with van der Waals surface area (Å²) in [5, 5.41) is 2.81. The van der Waals surface area contributed by atoms with Crippen LogP contribution < -0.4 is 15.1 Å². The zero-order valence-electron chi connectivity index (χ0n) is 12.8. The van der Waals surface area contributed by atoms with Crippen LogP contribution in [0.4, 0.5) is 5.69 Å². The lowest BCUT2D eigenvalue weighted by Gasteiger charge is -2.22. The van der Waals surface area contributed by atoms with Crippen molar-refractivity contribution in [3.8, 4) is 0 Å². The van der Waals surface area contributed by atoms with Crippen LogP contribution in [0.1, 0.15) is 24.2 Å². The van der Waals surface area contributed by atoms with Gasteiger partial charge in [-0.1, -0.05) is 6.07 Å². The molecule has 1 atom stereocenters. The second kappa shape index (κ2) is 6.58. The highest BCUT2D eigenvalue weighted by Gasteiger charge is 2.38. The summed E-state index contributed by atoms with van der Waals surface area (Å²) in [5.41, 5.74) is 0.986. The molecule has 2 amide bonds. The van der Waals surface area contributed by atoms with Gasteiger partial charge in [0.2, 0.25) is 0 Å². The van der Waals surface area contributed by atoms with E-state index in [1.54, 1.807) is 18.2 Å². The van der Waals surface area contributed by atoms with Gasteiger partial charge in [-0.25, -0.2) is 0 Å². The monoisotopic (exact) mass is 368 g/mol. The summed E-state index contributed by atoms with van der Waals surface area (Å²) in [6, 6.07) is 5.23. The maximum Gasteiger partial charge on any atom is 0.303 e. The van der Waals surface area contributed by atoms with Crippen LogP contribution in [0.2, 0.25) is 0 Å². The van der Waals surface area contributed by atoms with Crippen LogP contribution in [0.5, 0.6) is 0 Å². The zero-order chi connectivity index (χ0) is 16.4. The van der Waals surface area contributed by atoms with Gasteiger partial charge in [0.05, 0.1) is 18.3 Å². The van der Waals surface area contributed by atoms with Crippen molar-refractivity contribution in [3.63, 3.8) is 0 Å². The minimum atomic E-state index is -0.550. The number of likely N-dealkylation sites (N-methyl/N-ethyl adjacent to an activating group) is 1. The third kappa shape index (κ3) is 3.36. The van der Waals surface area contributed by atoms with Crippen LogP contribution in [-0.4, -0.2) is 43.9 Å². The fourth-order valence-electron chi connectivity index (χ4n) is 2.44. The SMILES string of the molecule is CC(C)NC(=O)C[NH+](C)CN1C(=O)C(=O)c2cccc(Br)c21. The first kappa shape index (κ1) is 16.6. The van der Waals surface area contributed by atoms with Gasteiger partial charge in [0, 0.05) is 10.5 Å². The first-order valence-corrected chi connectivity index (χ1v) is 7.86. The largest absolute Gasteiger partial charge is 0.349 e. The average molecular weight is 369 g/mol. The maximum absolute atomic E-state index is 12.2. The number of hydrogen-bond acceptors (Lipinski definition) is 3. The number of anilines is 1. The summed E-state index contributed by atoms with van der Waals surface area (Å²) in [7, 11) is 1.81. The number of para-hydroxylation sites is 1. The molecule has 0 aliphatic carbocycles. The Morgan fingerprint density at radius 3 is 2.68 bits per heavy atom. The van der Waals surface area contributed by atoms with Gasteiger partial charge in [-0.2, -0.15) is 0 Å². The summed E-state index contributed by atoms with van der Waals surface area (Å²) in [4.78, 5) is 38.2. The fraction of sp³-hybridized carbons (Fsp3) is 0.400. The number of fused-ring (bicyclic) bond motifs is 1. The quantitative estimate of drug-likeness (QED) is 0.717. The predicted molar refractivity (Wildman–Crippen MR) is 85.9 cm³/mol. The fourth-order valence-corrected chi connectivity index (χ4v) is 3.02. The standard InChI is InChI=1S/C15H18BrN3O3/c1-9(2)17-12(20)7-18(3)8-19-13-10(14(21)15(19)22)5-4-6-11(13)16/h4-6,9H,7-8H2,1-3H3,(H,17,20)/p+1. The molecule has 2 rings (SSSR count). The van der Waals surface area contributed by atoms with Crippen LogP contribution >= 0.6 is 15.9 Å². The normalized spacial score (nSPS) is 15.2. The molecule has 1 aliphatic heterocycles. The van der Waals surface area contributed by atoms with E-state index in [0.29, 0.717) is 15.7 Å². The maximum atomic E-state index is 12.2. The number of hydrogen-bond donors (Lipinski definition) is 2. The van der Waals surface area contributed by atoms with Crippen molar-refractivity contribution < 1.29 is 19.3 Å². The third-order valence-electron chi connectivity index (χ3n) is 3.28. The number of rotatable bonds is 5. The van der Waals surface area contributed by atoms with E-state index >= 15 is 0 Å². The van der Waals surface area contributed by atoms with Gasteiger partial charge < -0.3 is 10.2 Å². The van der Waals surface area contributed by atoms with Crippen LogP contribution in [0, 0.1) is 0 Å². The summed E-state index contributed by atoms with van der Waals surface area (Å²) < 4.78 is 0.698. The highest BCUT2D eigenvalue weighted by Crippen LogP contribution is 2.35. The molecule has 1 aromatic carbocycles. The number of nitrogens with zero attached hydrogens (tertiary/aromatic N) is 1. The van der Waals surface area contributed by atoms with E-state index in [-0.39, 0.29) is 25.2 Å². The molecule has 22 heavy (non-hydrogen) atoms. The number of Topliss-reactive ketones (excluding diaryl/α,β-unsaturated/α-hetero) is 1. The van der Waals surface area contributed by atoms with Crippen molar-refractivity contribution in [2.75, 3.05) is 25.2 Å². The van der Waals surface area contributed by atoms with Crippen LogP contribution in [-0.2, 0) is 9.59 Å². The van der Waals surface area contributed by atoms with Crippen molar-refractivity contribution in [1.82, 2.24) is 5.32 Å². The Bertz CT molecular complexity index is 630. The van der Waals surface area contributed by atoms with Crippen LogP contribution in [0.15, 0.2) is 22.7 Å². The Hall–Kier alpha value is -1.73. The van der Waals surface area contributed by atoms with Crippen molar-refractivity contribution in [2.24, 2.45) is 0 Å². The number of nitrogens with one attached hydrogen (secondary N) is 2. The molecule has 1 aromatic rings. The molecule has 0 saturated heterocycles. The number of carbonyl (C=O) groups is 3. The predicted octanol–water partition coefficient (Wildman–Crippen LogP) is -0.0248. The van der Waals surface area contributed by atoms with E-state index in [9.17, 15) is 14.4 Å². The second-order valence-corrected chi connectivity index (χ2v) is 6.57. The number of benzene rings is 1. The lowest BCUT2D eigenvalue weighted by molar-refractivity contribution is -0.869. The van der Waals surface area contributed by atoms with E-state index < -0.39 is 11.7 Å². The van der Waals surface area contributed by atoms with E-state index in [0.717, 1.165) is 4.90 Å². The number of ketones is 1. The van der Waals surface area contributed by atoms with E-state index in [4.69, 9.17) is 0 Å². The minimum absolute atomic E-state index is 0.0742. The Morgan fingerprint density at radius 2 is 2.05 bits per heavy atom. The third-order valence-corrected chi connectivity index (χ3v) is 3.92. The van der Waals surface area contributed by atoms with E-state index in [1.165, 1.54) is 4.90 Å². The Kier molecular flexibility index (Phi) is 4.97. The Balaban J connectivity index is 2.12. The molecule has 0 spiro atoms. The molecule has 7 heteroatoms. The van der Waals surface area contributed by atoms with Gasteiger partial charge in [0.15, 0.2) is 13.2 Å². The Labute approximate surface area is 137 Å². The molecule has 1 heterocycles. The number of carbonyl (C=O) groups excluding carboxylic acids is 3. The average Bonchev–Trinajstić information content (AvgIpc) is 2.64. The molecule has 2 N–H and O–H groups in total. The zero-order valence-corrected chi connectivity index (χ0v) is 14.4. The van der Waals surface area contributed by atoms with E-state index in [2.05, 4.69) is 21.2 Å². The van der Waals surface area contributed by atoms with Crippen molar-refractivity contribution in [1.29, 1.82) is 0 Å². The lowest BCUT2D eigenvalue weighted by atomic mass is 10.1. The van der Waals surface area contributed by atoms with Gasteiger partial charge in [-0.05, 0) is 41.9 Å². The second-order valence-electron chi connectivity index (χ2n) is 5.71. The van der Waals surface area contributed by atoms with Crippen LogP contribution in [0.3, 0.4) is 0 Å². The highest BCUT2D eigenvalue weighted by molar-refractivity contribution is 9.10. The van der Waals surface area contributed by atoms with Crippen molar-refractivity contribution in [3.05, 3.63) is 28.2 Å². The summed E-state index contributed by atoms with van der Waals surface area (Å²) in [6.45, 7) is 4.27. The molecule has 0 bridgehead atoms. The number of amides is 2. The lowest BCUT2D eigenvalue weighted by Crippen LogP contribution is -3.12. The first-order valence-electron chi connectivity index (χ1n) is 7.06. The smallest absolute Gasteiger partial charge is 0.303 e. The van der Waals surface area contributed by atoms with Crippen molar-refractivity contribution in [2.45, 2.75) is 19.9 Å². The number of quaternary nitrogens is 1. The molecular formula is C15H19BrN3O3+. The molecule has 6 nitrogen and oxygen atoms in total. The molecule has 0 fully saturated rings. The summed E-state index contributed by atoms with van der Waals surface area (Å²) >= 11 is 3.38. The van der Waals surface area contributed by atoms with Gasteiger partial charge in [0.1, 0.15) is 0 Å². The molecular weight excluding hydrogens is 350 g/mol. The molecule has 0 radical (unpaired) electrons. The summed E-state index contributed by atoms with van der Waals surface area (Å²) in [6.07, 6.45) is 0. The van der Waals surface area contributed by atoms with E-state index in [1.807, 2.05) is 20.9 Å². The first-order chi connectivity index (χ1) is 10.3. The minimum Gasteiger partial charge on any atom is -0.349 e. The van der Waals surface area contributed by atoms with Crippen molar-refractivity contribution >= 4 is 39.2 Å². The topological polar surface area (TPSA) is 70.9 Å². The summed E-state index contributed by atoms with van der Waals surface area (Å²) in [5.74, 6) is -1.14. The van der Waals surface area contributed by atoms with Gasteiger partial charge in [-0.3, -0.25) is 19.3 Å². The van der Waals surface area contributed by atoms with Gasteiger partial charge >= 0.3 is 5.91 Å². The molecule has 1 unspecified atom stereocenters. The molecule has 0 saturated carbocycles. The Morgan fingerprint density at radius 1 is 1.36 bits per heavy atom. The van der Waals surface area contributed by atoms with Gasteiger partial charge in [0.25, 0.3) is 11.7 Å². The molecule has 0 aromatic heterocycles. The highest BCUT2D eigenvalue weighted by atomic mass is 79.9. The molecule has 1 aliphatic rings. The van der Waals surface area contributed by atoms with Crippen LogP contribution in [0.25, 0.3) is 0 Å². The van der Waals surface area contributed by atoms with Gasteiger partial charge in [-0.15, -0.1) is 0 Å². The molecule has 118 valence electrons.